The molecule has 0 spiro atoms. The minimum absolute atomic E-state index is 0.0156. The number of likely N-dealkylation sites (N-methyl/N-ethyl adjacent to an activating group) is 1. The molecule has 2 aromatic rings. The van der Waals surface area contributed by atoms with Gasteiger partial charge in [0.25, 0.3) is 0 Å². The zero-order chi connectivity index (χ0) is 20.2. The zero-order valence-electron chi connectivity index (χ0n) is 16.8. The molecule has 0 radical (unpaired) electrons. The van der Waals surface area contributed by atoms with E-state index in [4.69, 9.17) is 18.9 Å². The lowest BCUT2D eigenvalue weighted by molar-refractivity contribution is -0.894. The summed E-state index contributed by atoms with van der Waals surface area (Å²) in [5.41, 5.74) is 4.17. The lowest BCUT2D eigenvalue weighted by Crippen LogP contribution is -2.48. The molecule has 2 atom stereocenters. The second kappa shape index (κ2) is 6.46. The van der Waals surface area contributed by atoms with Crippen molar-refractivity contribution in [3.8, 4) is 39.9 Å². The van der Waals surface area contributed by atoms with E-state index < -0.39 is 4.65 Å². The monoisotopic (exact) mass is 387 g/mol. The average molecular weight is 387 g/mol. The van der Waals surface area contributed by atoms with E-state index in [2.05, 4.69) is 0 Å². The Morgan fingerprint density at radius 3 is 2.25 bits per heavy atom. The van der Waals surface area contributed by atoms with Crippen LogP contribution >= 0.6 is 0 Å². The van der Waals surface area contributed by atoms with Crippen LogP contribution in [0.2, 0.25) is 0 Å². The number of aromatic hydroxyl groups is 1. The molecule has 28 heavy (non-hydrogen) atoms. The number of phenols is 1. The van der Waals surface area contributed by atoms with Gasteiger partial charge >= 0.3 is 0 Å². The number of ether oxygens (including phenoxy) is 4. The van der Waals surface area contributed by atoms with Gasteiger partial charge in [0.05, 0.1) is 42.0 Å². The third-order valence-corrected chi connectivity index (χ3v) is 6.03. The molecule has 1 heterocycles. The van der Waals surface area contributed by atoms with E-state index >= 15 is 0 Å². The molecule has 0 saturated heterocycles. The minimum Gasteiger partial charge on any atom is -0.633 e. The molecule has 1 aliphatic heterocycles. The first-order chi connectivity index (χ1) is 13.4. The van der Waals surface area contributed by atoms with Gasteiger partial charge in [-0.15, -0.1) is 0 Å². The van der Waals surface area contributed by atoms with Crippen molar-refractivity contribution in [1.29, 1.82) is 0 Å². The van der Waals surface area contributed by atoms with Crippen molar-refractivity contribution in [3.05, 3.63) is 34.0 Å². The normalized spacial score (nSPS) is 22.1. The molecule has 0 amide bonds. The number of benzene rings is 2. The second-order valence-corrected chi connectivity index (χ2v) is 7.41. The van der Waals surface area contributed by atoms with E-state index in [-0.39, 0.29) is 11.8 Å². The van der Waals surface area contributed by atoms with E-state index in [1.165, 1.54) is 7.11 Å². The van der Waals surface area contributed by atoms with Gasteiger partial charge in [-0.05, 0) is 23.3 Å². The lowest BCUT2D eigenvalue weighted by atomic mass is 9.75. The summed E-state index contributed by atoms with van der Waals surface area (Å²) in [6, 6.07) is 3.41. The highest BCUT2D eigenvalue weighted by Gasteiger charge is 2.44. The molecule has 0 bridgehead atoms. The SMILES string of the molecule is COc1cc2c(cc1OC)-c1c(O)c(OC)c(OC)c3c1C(C2)[N+](C)([O-])CC3. The predicted molar refractivity (Wildman–Crippen MR) is 104 cm³/mol. The van der Waals surface area contributed by atoms with Crippen LogP contribution in [0.5, 0.6) is 28.7 Å². The number of quaternary nitrogens is 1. The molecule has 2 aliphatic rings. The number of methoxy groups -OCH3 is 4. The highest BCUT2D eigenvalue weighted by atomic mass is 16.5. The van der Waals surface area contributed by atoms with Crippen LogP contribution in [0.25, 0.3) is 11.1 Å². The lowest BCUT2D eigenvalue weighted by Gasteiger charge is -2.51. The van der Waals surface area contributed by atoms with Gasteiger partial charge in [0.15, 0.2) is 23.0 Å². The molecule has 0 fully saturated rings. The number of phenolic OH excluding ortho intramolecular Hbond substituents is 1. The van der Waals surface area contributed by atoms with Crippen LogP contribution in [0.1, 0.15) is 22.7 Å². The van der Waals surface area contributed by atoms with Crippen molar-refractivity contribution in [3.63, 3.8) is 0 Å². The maximum Gasteiger partial charge on any atom is 0.204 e. The van der Waals surface area contributed by atoms with Crippen LogP contribution in [0.4, 0.5) is 0 Å². The Morgan fingerprint density at radius 2 is 1.64 bits per heavy atom. The number of rotatable bonds is 4. The Hall–Kier alpha value is -2.64. The van der Waals surface area contributed by atoms with Gasteiger partial charge in [-0.1, -0.05) is 0 Å². The van der Waals surface area contributed by atoms with E-state index in [9.17, 15) is 10.3 Å². The van der Waals surface area contributed by atoms with Gasteiger partial charge in [0, 0.05) is 29.5 Å². The first-order valence-corrected chi connectivity index (χ1v) is 9.19. The van der Waals surface area contributed by atoms with E-state index in [1.807, 2.05) is 12.1 Å². The summed E-state index contributed by atoms with van der Waals surface area (Å²) < 4.78 is 21.6. The molecule has 4 rings (SSSR count). The van der Waals surface area contributed by atoms with Crippen molar-refractivity contribution < 1.29 is 28.7 Å². The van der Waals surface area contributed by atoms with Crippen LogP contribution in [-0.2, 0) is 12.8 Å². The van der Waals surface area contributed by atoms with Crippen molar-refractivity contribution in [1.82, 2.24) is 0 Å². The highest BCUT2D eigenvalue weighted by Crippen LogP contribution is 2.58. The van der Waals surface area contributed by atoms with E-state index in [1.54, 1.807) is 28.4 Å². The molecule has 0 aromatic heterocycles. The summed E-state index contributed by atoms with van der Waals surface area (Å²) in [5.74, 6) is 1.95. The van der Waals surface area contributed by atoms with E-state index in [0.717, 1.165) is 22.3 Å². The van der Waals surface area contributed by atoms with E-state index in [0.29, 0.717) is 47.9 Å². The number of hydrogen-bond acceptors (Lipinski definition) is 6. The third-order valence-electron chi connectivity index (χ3n) is 6.03. The molecule has 1 N–H and O–H groups in total. The molecule has 7 heteroatoms. The van der Waals surface area contributed by atoms with Crippen LogP contribution in [0, 0.1) is 5.21 Å². The summed E-state index contributed by atoms with van der Waals surface area (Å²) in [5, 5.41) is 24.4. The average Bonchev–Trinajstić information content (AvgIpc) is 2.69. The first-order valence-electron chi connectivity index (χ1n) is 9.19. The van der Waals surface area contributed by atoms with Crippen molar-refractivity contribution in [2.75, 3.05) is 42.0 Å². The third kappa shape index (κ3) is 2.43. The molecule has 7 nitrogen and oxygen atoms in total. The number of hydrogen-bond donors (Lipinski definition) is 1. The van der Waals surface area contributed by atoms with Crippen LogP contribution in [-0.4, -0.2) is 51.8 Å². The largest absolute Gasteiger partial charge is 0.633 e. The van der Waals surface area contributed by atoms with Gasteiger partial charge < -0.3 is 33.9 Å². The van der Waals surface area contributed by atoms with Gasteiger partial charge in [0.1, 0.15) is 6.04 Å². The Balaban J connectivity index is 2.11. The van der Waals surface area contributed by atoms with Crippen molar-refractivity contribution in [2.24, 2.45) is 0 Å². The summed E-state index contributed by atoms with van der Waals surface area (Å²) in [7, 11) is 7.91. The highest BCUT2D eigenvalue weighted by molar-refractivity contribution is 5.86. The molecular formula is C21H25NO6. The predicted octanol–water partition coefficient (Wildman–Crippen LogP) is 3.19. The maximum atomic E-state index is 13.3. The maximum absolute atomic E-state index is 13.3. The Labute approximate surface area is 164 Å². The molecule has 2 unspecified atom stereocenters. The fraction of sp³-hybridized carbons (Fsp3) is 0.429. The molecule has 2 aromatic carbocycles. The standard InChI is InChI=1S/C21H25NO6/c1-22(24)7-6-12-17-14(22)8-11-9-15(25-2)16(26-3)10-13(11)18(17)19(23)21(28-5)20(12)27-4/h9-10,14,23H,6-8H2,1-5H3. The quantitative estimate of drug-likeness (QED) is 0.641. The Morgan fingerprint density at radius 1 is 1.00 bits per heavy atom. The number of nitrogens with zero attached hydrogens (tertiary/aromatic N) is 1. The Kier molecular flexibility index (Phi) is 4.32. The first kappa shape index (κ1) is 18.7. The summed E-state index contributed by atoms with van der Waals surface area (Å²) in [6.07, 6.45) is 1.10. The summed E-state index contributed by atoms with van der Waals surface area (Å²) in [4.78, 5) is 0. The molecule has 150 valence electrons. The number of fused-ring (bicyclic) bond motifs is 2. The zero-order valence-corrected chi connectivity index (χ0v) is 16.8. The Bertz CT molecular complexity index is 953. The van der Waals surface area contributed by atoms with Gasteiger partial charge in [0.2, 0.25) is 5.75 Å². The fourth-order valence-electron chi connectivity index (χ4n) is 4.64. The van der Waals surface area contributed by atoms with Crippen molar-refractivity contribution >= 4 is 0 Å². The second-order valence-electron chi connectivity index (χ2n) is 7.41. The van der Waals surface area contributed by atoms with Crippen LogP contribution in [0.15, 0.2) is 12.1 Å². The molecule has 0 saturated carbocycles. The smallest absolute Gasteiger partial charge is 0.204 e. The summed E-state index contributed by atoms with van der Waals surface area (Å²) >= 11 is 0. The van der Waals surface area contributed by atoms with Gasteiger partial charge in [-0.25, -0.2) is 0 Å². The van der Waals surface area contributed by atoms with Crippen LogP contribution < -0.4 is 18.9 Å². The van der Waals surface area contributed by atoms with Gasteiger partial charge in [-0.3, -0.25) is 0 Å². The fourth-order valence-corrected chi connectivity index (χ4v) is 4.64. The molecule has 1 aliphatic carbocycles. The number of hydroxylamine groups is 3. The van der Waals surface area contributed by atoms with Gasteiger partial charge in [-0.2, -0.15) is 0 Å². The topological polar surface area (TPSA) is 80.2 Å². The molecular weight excluding hydrogens is 362 g/mol. The minimum atomic E-state index is -0.400. The van der Waals surface area contributed by atoms with Crippen molar-refractivity contribution in [2.45, 2.75) is 18.9 Å². The van der Waals surface area contributed by atoms with Crippen LogP contribution in [0.3, 0.4) is 0 Å². The summed E-state index contributed by atoms with van der Waals surface area (Å²) in [6.45, 7) is 0.435.